The number of nitrogen functional groups attached to an aromatic ring is 1. The number of anilines is 3. The summed E-state index contributed by atoms with van der Waals surface area (Å²) < 4.78 is 46.0. The van der Waals surface area contributed by atoms with Crippen LogP contribution in [0.3, 0.4) is 0 Å². The number of nitrogens with one attached hydrogen (secondary N) is 2. The van der Waals surface area contributed by atoms with Crippen molar-refractivity contribution in [2.75, 3.05) is 23.0 Å². The Bertz CT molecular complexity index is 930. The summed E-state index contributed by atoms with van der Waals surface area (Å²) in [5.41, 5.74) is 5.64. The minimum Gasteiger partial charge on any atom is -0.477 e. The molecule has 0 saturated heterocycles. The molecule has 0 aliphatic carbocycles. The number of alkyl halides is 3. The number of ether oxygens (including phenoxy) is 2. The molecule has 2 rings (SSSR count). The van der Waals surface area contributed by atoms with Gasteiger partial charge in [0.05, 0.1) is 6.61 Å². The number of amides is 1. The third kappa shape index (κ3) is 6.13. The van der Waals surface area contributed by atoms with Crippen molar-refractivity contribution in [2.24, 2.45) is 0 Å². The fourth-order valence-corrected chi connectivity index (χ4v) is 2.20. The molecule has 1 amide bonds. The first-order valence-electron chi connectivity index (χ1n) is 8.26. The van der Waals surface area contributed by atoms with Crippen molar-refractivity contribution in [1.29, 1.82) is 5.26 Å². The maximum atomic E-state index is 12.4. The number of nitriles is 1. The average molecular weight is 410 g/mol. The first kappa shape index (κ1) is 21.5. The van der Waals surface area contributed by atoms with E-state index >= 15 is 0 Å². The molecule has 1 atom stereocenters. The molecule has 4 N–H and O–H groups in total. The van der Waals surface area contributed by atoms with Crippen molar-refractivity contribution in [2.45, 2.75) is 26.3 Å². The zero-order valence-electron chi connectivity index (χ0n) is 15.4. The molecular formula is C17H17F3N6O3. The Morgan fingerprint density at radius 2 is 2.10 bits per heavy atom. The molecule has 0 bridgehead atoms. The second-order valence-electron chi connectivity index (χ2n) is 5.59. The summed E-state index contributed by atoms with van der Waals surface area (Å²) in [6.45, 7) is 3.39. The Kier molecular flexibility index (Phi) is 6.66. The number of benzene rings is 1. The standard InChI is InChI=1S/C17H17F3N6O3/c1-3-28-15-12(8-21)13(25-16(22)26-15)23-9(2)14(27)24-10-5-4-6-11(7-10)29-17(18,19)20/h4-7,9H,3H2,1-2H3,(H,24,27)(H3,22,23,25,26)/t9-/m0/s1. The molecule has 12 heteroatoms. The van der Waals surface area contributed by atoms with Crippen LogP contribution in [0, 0.1) is 11.3 Å². The van der Waals surface area contributed by atoms with Crippen LogP contribution in [0.4, 0.5) is 30.6 Å². The van der Waals surface area contributed by atoms with Crippen molar-refractivity contribution >= 4 is 23.4 Å². The Balaban J connectivity index is 2.14. The van der Waals surface area contributed by atoms with Crippen LogP contribution in [-0.4, -0.2) is 34.9 Å². The van der Waals surface area contributed by atoms with Gasteiger partial charge in [-0.25, -0.2) is 0 Å². The summed E-state index contributed by atoms with van der Waals surface area (Å²) in [6.07, 6.45) is -4.85. The molecule has 1 heterocycles. The Hall–Kier alpha value is -3.75. The molecule has 0 fully saturated rings. The van der Waals surface area contributed by atoms with Gasteiger partial charge < -0.3 is 25.8 Å². The van der Waals surface area contributed by atoms with Crippen molar-refractivity contribution in [3.8, 4) is 17.7 Å². The smallest absolute Gasteiger partial charge is 0.477 e. The maximum absolute atomic E-state index is 12.4. The van der Waals surface area contributed by atoms with Gasteiger partial charge in [0.15, 0.2) is 11.4 Å². The first-order valence-corrected chi connectivity index (χ1v) is 8.26. The van der Waals surface area contributed by atoms with Crippen LogP contribution < -0.4 is 25.8 Å². The highest BCUT2D eigenvalue weighted by atomic mass is 19.4. The minimum absolute atomic E-state index is 0.0137. The lowest BCUT2D eigenvalue weighted by Crippen LogP contribution is -2.32. The van der Waals surface area contributed by atoms with Crippen molar-refractivity contribution in [3.05, 3.63) is 29.8 Å². The monoisotopic (exact) mass is 410 g/mol. The van der Waals surface area contributed by atoms with Crippen LogP contribution in [0.15, 0.2) is 24.3 Å². The quantitative estimate of drug-likeness (QED) is 0.634. The van der Waals surface area contributed by atoms with Crippen LogP contribution in [0.2, 0.25) is 0 Å². The Labute approximate surface area is 163 Å². The van der Waals surface area contributed by atoms with Gasteiger partial charge in [0.1, 0.15) is 17.9 Å². The first-order chi connectivity index (χ1) is 13.6. The van der Waals surface area contributed by atoms with E-state index in [0.29, 0.717) is 0 Å². The molecule has 2 aromatic rings. The van der Waals surface area contributed by atoms with Crippen LogP contribution in [0.5, 0.6) is 11.6 Å². The fraction of sp³-hybridized carbons (Fsp3) is 0.294. The van der Waals surface area contributed by atoms with Gasteiger partial charge in [0.25, 0.3) is 0 Å². The van der Waals surface area contributed by atoms with E-state index in [-0.39, 0.29) is 35.5 Å². The SMILES string of the molecule is CCOc1nc(N)nc(N[C@@H](C)C(=O)Nc2cccc(OC(F)(F)F)c2)c1C#N. The topological polar surface area (TPSA) is 135 Å². The number of rotatable bonds is 7. The van der Waals surface area contributed by atoms with Gasteiger partial charge in [-0.15, -0.1) is 13.2 Å². The maximum Gasteiger partial charge on any atom is 0.573 e. The predicted molar refractivity (Wildman–Crippen MR) is 97.2 cm³/mol. The van der Waals surface area contributed by atoms with E-state index in [4.69, 9.17) is 10.5 Å². The number of halogens is 3. The highest BCUT2D eigenvalue weighted by Gasteiger charge is 2.31. The number of aromatic nitrogens is 2. The summed E-state index contributed by atoms with van der Waals surface area (Å²) in [6, 6.07) is 5.75. The van der Waals surface area contributed by atoms with E-state index in [1.165, 1.54) is 19.1 Å². The number of carbonyl (C=O) groups excluding carboxylic acids is 1. The van der Waals surface area contributed by atoms with Gasteiger partial charge in [-0.05, 0) is 26.0 Å². The third-order valence-corrected chi connectivity index (χ3v) is 3.37. The number of hydrogen-bond acceptors (Lipinski definition) is 8. The van der Waals surface area contributed by atoms with Crippen LogP contribution in [0.25, 0.3) is 0 Å². The number of hydrogen-bond donors (Lipinski definition) is 3. The predicted octanol–water partition coefficient (Wildman–Crippen LogP) is 2.67. The molecular weight excluding hydrogens is 393 g/mol. The lowest BCUT2D eigenvalue weighted by molar-refractivity contribution is -0.274. The molecule has 29 heavy (non-hydrogen) atoms. The van der Waals surface area contributed by atoms with E-state index in [1.54, 1.807) is 6.92 Å². The van der Waals surface area contributed by atoms with Crippen LogP contribution in [0.1, 0.15) is 19.4 Å². The van der Waals surface area contributed by atoms with Gasteiger partial charge in [0.2, 0.25) is 17.7 Å². The summed E-state index contributed by atoms with van der Waals surface area (Å²) in [7, 11) is 0. The molecule has 1 aromatic carbocycles. The molecule has 0 saturated carbocycles. The van der Waals surface area contributed by atoms with Crippen molar-refractivity contribution in [1.82, 2.24) is 9.97 Å². The van der Waals surface area contributed by atoms with E-state index in [9.17, 15) is 23.2 Å². The summed E-state index contributed by atoms with van der Waals surface area (Å²) in [4.78, 5) is 20.1. The van der Waals surface area contributed by atoms with Gasteiger partial charge in [-0.3, -0.25) is 4.79 Å². The van der Waals surface area contributed by atoms with Crippen LogP contribution >= 0.6 is 0 Å². The minimum atomic E-state index is -4.85. The second kappa shape index (κ2) is 8.96. The molecule has 154 valence electrons. The summed E-state index contributed by atoms with van der Waals surface area (Å²) in [5.74, 6) is -1.30. The fourth-order valence-electron chi connectivity index (χ4n) is 2.20. The van der Waals surface area contributed by atoms with Gasteiger partial charge in [0, 0.05) is 11.8 Å². The Morgan fingerprint density at radius 1 is 1.38 bits per heavy atom. The average Bonchev–Trinajstić information content (AvgIpc) is 2.60. The highest BCUT2D eigenvalue weighted by molar-refractivity contribution is 5.96. The number of nitrogens with zero attached hydrogens (tertiary/aromatic N) is 3. The van der Waals surface area contributed by atoms with E-state index < -0.39 is 24.1 Å². The van der Waals surface area contributed by atoms with Gasteiger partial charge >= 0.3 is 6.36 Å². The van der Waals surface area contributed by atoms with E-state index in [0.717, 1.165) is 12.1 Å². The van der Waals surface area contributed by atoms with Crippen LogP contribution in [-0.2, 0) is 4.79 Å². The molecule has 0 aliphatic heterocycles. The molecule has 0 spiro atoms. The highest BCUT2D eigenvalue weighted by Crippen LogP contribution is 2.26. The molecule has 0 radical (unpaired) electrons. The number of nitrogens with two attached hydrogens (primary N) is 1. The zero-order valence-corrected chi connectivity index (χ0v) is 15.4. The molecule has 0 unspecified atom stereocenters. The normalized spacial score (nSPS) is 11.9. The van der Waals surface area contributed by atoms with Crippen molar-refractivity contribution in [3.63, 3.8) is 0 Å². The van der Waals surface area contributed by atoms with Gasteiger partial charge in [-0.1, -0.05) is 6.07 Å². The molecule has 1 aromatic heterocycles. The van der Waals surface area contributed by atoms with Gasteiger partial charge in [-0.2, -0.15) is 15.2 Å². The zero-order chi connectivity index (χ0) is 21.6. The summed E-state index contributed by atoms with van der Waals surface area (Å²) >= 11 is 0. The lowest BCUT2D eigenvalue weighted by Gasteiger charge is -2.17. The van der Waals surface area contributed by atoms with Crippen molar-refractivity contribution < 1.29 is 27.4 Å². The second-order valence-corrected chi connectivity index (χ2v) is 5.59. The molecule has 0 aliphatic rings. The van der Waals surface area contributed by atoms with E-state index in [2.05, 4.69) is 25.3 Å². The summed E-state index contributed by atoms with van der Waals surface area (Å²) in [5, 5.41) is 14.5. The Morgan fingerprint density at radius 3 is 2.72 bits per heavy atom. The van der Waals surface area contributed by atoms with E-state index in [1.807, 2.05) is 6.07 Å². The number of carbonyl (C=O) groups is 1. The largest absolute Gasteiger partial charge is 0.573 e. The molecule has 9 nitrogen and oxygen atoms in total. The lowest BCUT2D eigenvalue weighted by atomic mass is 10.2. The third-order valence-electron chi connectivity index (χ3n) is 3.37.